The minimum absolute atomic E-state index is 0.127. The Morgan fingerprint density at radius 1 is 1.35 bits per heavy atom. The zero-order chi connectivity index (χ0) is 14.8. The molecule has 1 aliphatic rings. The Morgan fingerprint density at radius 3 is 2.70 bits per heavy atom. The maximum atomic E-state index is 12.9. The van der Waals surface area contributed by atoms with Crippen LogP contribution in [0.2, 0.25) is 0 Å². The van der Waals surface area contributed by atoms with Crippen LogP contribution in [0, 0.1) is 0 Å². The Morgan fingerprint density at radius 2 is 2.10 bits per heavy atom. The molecule has 1 aromatic heterocycles. The molecule has 1 unspecified atom stereocenters. The van der Waals surface area contributed by atoms with Crippen molar-refractivity contribution in [1.82, 2.24) is 8.87 Å². The molecule has 20 heavy (non-hydrogen) atoms. The van der Waals surface area contributed by atoms with Gasteiger partial charge < -0.3 is 4.57 Å². The second-order valence-corrected chi connectivity index (χ2v) is 7.60. The van der Waals surface area contributed by atoms with E-state index in [1.54, 1.807) is 21.1 Å². The van der Waals surface area contributed by atoms with Gasteiger partial charge in [0.2, 0.25) is 10.0 Å². The summed E-state index contributed by atoms with van der Waals surface area (Å²) >= 11 is 5.83. The van der Waals surface area contributed by atoms with E-state index in [2.05, 4.69) is 6.92 Å². The van der Waals surface area contributed by atoms with E-state index in [4.69, 9.17) is 11.6 Å². The molecule has 2 rings (SSSR count). The average molecular weight is 319 g/mol. The van der Waals surface area contributed by atoms with Gasteiger partial charge in [0.15, 0.2) is 0 Å². The Kier molecular flexibility index (Phi) is 5.15. The minimum atomic E-state index is -3.40. The van der Waals surface area contributed by atoms with Gasteiger partial charge in [-0.15, -0.1) is 11.6 Å². The maximum absolute atomic E-state index is 12.9. The molecule has 0 aliphatic carbocycles. The summed E-state index contributed by atoms with van der Waals surface area (Å²) in [6, 6.07) is 1.82. The highest BCUT2D eigenvalue weighted by atomic mass is 35.5. The number of hydrogen-bond acceptors (Lipinski definition) is 2. The van der Waals surface area contributed by atoms with Crippen molar-refractivity contribution >= 4 is 21.6 Å². The number of rotatable bonds is 4. The van der Waals surface area contributed by atoms with E-state index in [-0.39, 0.29) is 6.04 Å². The number of hydrogen-bond donors (Lipinski definition) is 0. The quantitative estimate of drug-likeness (QED) is 0.801. The fourth-order valence-electron chi connectivity index (χ4n) is 2.86. The van der Waals surface area contributed by atoms with Crippen LogP contribution in [-0.2, 0) is 23.0 Å². The number of halogens is 1. The van der Waals surface area contributed by atoms with Crippen LogP contribution in [-0.4, -0.2) is 29.9 Å². The molecule has 4 nitrogen and oxygen atoms in total. The molecule has 1 aliphatic heterocycles. The van der Waals surface area contributed by atoms with Crippen LogP contribution in [0.25, 0.3) is 0 Å². The molecule has 1 saturated heterocycles. The third-order valence-electron chi connectivity index (χ3n) is 4.12. The summed E-state index contributed by atoms with van der Waals surface area (Å²) in [4.78, 5) is 0.371. The zero-order valence-electron chi connectivity index (χ0n) is 12.2. The first-order valence-corrected chi connectivity index (χ1v) is 9.21. The van der Waals surface area contributed by atoms with Gasteiger partial charge in [-0.2, -0.15) is 4.31 Å². The van der Waals surface area contributed by atoms with Gasteiger partial charge in [0.25, 0.3) is 0 Å². The van der Waals surface area contributed by atoms with Crippen molar-refractivity contribution in [3.8, 4) is 0 Å². The summed E-state index contributed by atoms with van der Waals surface area (Å²) < 4.78 is 29.2. The van der Waals surface area contributed by atoms with Gasteiger partial charge in [0, 0.05) is 31.5 Å². The van der Waals surface area contributed by atoms with E-state index in [1.807, 2.05) is 7.05 Å². The first-order chi connectivity index (χ1) is 9.50. The second kappa shape index (κ2) is 6.50. The standard InChI is InChI=1S/C14H23ClN2O2S/c1-3-12-7-5-4-6-8-17(12)20(18,19)14-9-13(10-15)16(2)11-14/h9,11-12H,3-8,10H2,1-2H3. The second-order valence-electron chi connectivity index (χ2n) is 5.44. The van der Waals surface area contributed by atoms with Crippen molar-refractivity contribution < 1.29 is 8.42 Å². The molecule has 114 valence electrons. The van der Waals surface area contributed by atoms with Gasteiger partial charge in [0.1, 0.15) is 4.90 Å². The van der Waals surface area contributed by atoms with Gasteiger partial charge in [-0.25, -0.2) is 8.42 Å². The van der Waals surface area contributed by atoms with Crippen molar-refractivity contribution in [2.24, 2.45) is 7.05 Å². The van der Waals surface area contributed by atoms with E-state index >= 15 is 0 Å². The average Bonchev–Trinajstić information content (AvgIpc) is 2.66. The topological polar surface area (TPSA) is 42.3 Å². The predicted molar refractivity (Wildman–Crippen MR) is 81.4 cm³/mol. The van der Waals surface area contributed by atoms with Crippen LogP contribution in [0.3, 0.4) is 0 Å². The summed E-state index contributed by atoms with van der Waals surface area (Å²) in [5.41, 5.74) is 0.827. The van der Waals surface area contributed by atoms with Gasteiger partial charge in [0.05, 0.1) is 5.88 Å². The van der Waals surface area contributed by atoms with E-state index in [1.165, 1.54) is 0 Å². The van der Waals surface area contributed by atoms with Crippen molar-refractivity contribution in [2.45, 2.75) is 55.8 Å². The molecule has 1 atom stereocenters. The van der Waals surface area contributed by atoms with Gasteiger partial charge in [-0.05, 0) is 25.3 Å². The molecule has 0 N–H and O–H groups in total. The molecule has 1 fully saturated rings. The summed E-state index contributed by atoms with van der Waals surface area (Å²) in [5, 5.41) is 0. The maximum Gasteiger partial charge on any atom is 0.244 e. The summed E-state index contributed by atoms with van der Waals surface area (Å²) in [7, 11) is -1.57. The largest absolute Gasteiger partial charge is 0.352 e. The van der Waals surface area contributed by atoms with Crippen molar-refractivity contribution in [1.29, 1.82) is 0 Å². The lowest BCUT2D eigenvalue weighted by molar-refractivity contribution is 0.315. The molecule has 0 radical (unpaired) electrons. The van der Waals surface area contributed by atoms with Crippen LogP contribution in [0.1, 0.15) is 44.7 Å². The Balaban J connectivity index is 2.35. The highest BCUT2D eigenvalue weighted by molar-refractivity contribution is 7.89. The summed E-state index contributed by atoms with van der Waals surface area (Å²) in [5.74, 6) is 0.323. The van der Waals surface area contributed by atoms with Crippen molar-refractivity contribution in [3.05, 3.63) is 18.0 Å². The van der Waals surface area contributed by atoms with Gasteiger partial charge in [-0.3, -0.25) is 0 Å². The van der Waals surface area contributed by atoms with E-state index < -0.39 is 10.0 Å². The normalized spacial score (nSPS) is 21.9. The number of aryl methyl sites for hydroxylation is 1. The van der Waals surface area contributed by atoms with Crippen LogP contribution in [0.5, 0.6) is 0 Å². The number of aromatic nitrogens is 1. The molecular weight excluding hydrogens is 296 g/mol. The fourth-order valence-corrected chi connectivity index (χ4v) is 4.99. The van der Waals surface area contributed by atoms with Crippen LogP contribution in [0.4, 0.5) is 0 Å². The number of nitrogens with zero attached hydrogens (tertiary/aromatic N) is 2. The highest BCUT2D eigenvalue weighted by Crippen LogP contribution is 2.27. The van der Waals surface area contributed by atoms with Crippen LogP contribution < -0.4 is 0 Å². The van der Waals surface area contributed by atoms with E-state index in [9.17, 15) is 8.42 Å². The predicted octanol–water partition coefficient (Wildman–Crippen LogP) is 3.11. The van der Waals surface area contributed by atoms with Crippen molar-refractivity contribution in [2.75, 3.05) is 6.54 Å². The van der Waals surface area contributed by atoms with E-state index in [0.717, 1.165) is 37.8 Å². The van der Waals surface area contributed by atoms with E-state index in [0.29, 0.717) is 17.3 Å². The summed E-state index contributed by atoms with van der Waals surface area (Å²) in [6.45, 7) is 2.69. The lowest BCUT2D eigenvalue weighted by atomic mass is 10.1. The lowest BCUT2D eigenvalue weighted by Gasteiger charge is -2.27. The SMILES string of the molecule is CCC1CCCCCN1S(=O)(=O)c1cc(CCl)n(C)c1. The third kappa shape index (κ3) is 3.05. The smallest absolute Gasteiger partial charge is 0.244 e. The third-order valence-corrected chi connectivity index (χ3v) is 6.31. The molecular formula is C14H23ClN2O2S. The van der Waals surface area contributed by atoms with Gasteiger partial charge in [-0.1, -0.05) is 19.8 Å². The fraction of sp³-hybridized carbons (Fsp3) is 0.714. The highest BCUT2D eigenvalue weighted by Gasteiger charge is 2.32. The van der Waals surface area contributed by atoms with Crippen molar-refractivity contribution in [3.63, 3.8) is 0 Å². The minimum Gasteiger partial charge on any atom is -0.352 e. The molecule has 0 amide bonds. The molecule has 0 spiro atoms. The molecule has 0 bridgehead atoms. The van der Waals surface area contributed by atoms with Gasteiger partial charge >= 0.3 is 0 Å². The molecule has 0 saturated carbocycles. The molecule has 2 heterocycles. The molecule has 1 aromatic rings. The molecule has 6 heteroatoms. The lowest BCUT2D eigenvalue weighted by Crippen LogP contribution is -2.39. The van der Waals surface area contributed by atoms with Crippen LogP contribution in [0.15, 0.2) is 17.2 Å². The summed E-state index contributed by atoms with van der Waals surface area (Å²) in [6.07, 6.45) is 6.69. The first kappa shape index (κ1) is 15.9. The Labute approximate surface area is 126 Å². The first-order valence-electron chi connectivity index (χ1n) is 7.23. The number of alkyl halides is 1. The molecule has 0 aromatic carbocycles. The van der Waals surface area contributed by atoms with Crippen LogP contribution >= 0.6 is 11.6 Å². The monoisotopic (exact) mass is 318 g/mol. The zero-order valence-corrected chi connectivity index (χ0v) is 13.8. The Bertz CT molecular complexity index is 554. The number of sulfonamides is 1. The Hall–Kier alpha value is -0.520.